The first kappa shape index (κ1) is 21.8. The SMILES string of the molecule is Cc1ccc(Cn2cnc(NC(=O)c3cc(COc4c(C)cc(C)cc4C)cs3)n2)cc1. The Balaban J connectivity index is 1.35. The standard InChI is InChI=1S/C25H26N4O2S/c1-16-5-7-20(8-6-16)12-29-15-26-25(28-29)27-24(30)22-11-21(14-32-22)13-31-23-18(3)9-17(2)10-19(23)4/h5-11,14-15H,12-13H2,1-4H3,(H,27,28,30). The van der Waals surface area contributed by atoms with Gasteiger partial charge in [-0.3, -0.25) is 10.1 Å². The highest BCUT2D eigenvalue weighted by Crippen LogP contribution is 2.26. The number of rotatable bonds is 7. The zero-order valence-corrected chi connectivity index (χ0v) is 19.5. The van der Waals surface area contributed by atoms with E-state index in [2.05, 4.69) is 65.6 Å². The second-order valence-corrected chi connectivity index (χ2v) is 8.95. The summed E-state index contributed by atoms with van der Waals surface area (Å²) < 4.78 is 7.74. The molecule has 0 radical (unpaired) electrons. The molecule has 6 nitrogen and oxygen atoms in total. The zero-order chi connectivity index (χ0) is 22.7. The Labute approximate surface area is 191 Å². The van der Waals surface area contributed by atoms with Crippen molar-refractivity contribution in [2.45, 2.75) is 40.8 Å². The van der Waals surface area contributed by atoms with Crippen LogP contribution in [0.1, 0.15) is 43.1 Å². The first-order valence-corrected chi connectivity index (χ1v) is 11.3. The van der Waals surface area contributed by atoms with E-state index in [9.17, 15) is 4.79 Å². The van der Waals surface area contributed by atoms with Crippen molar-refractivity contribution in [1.29, 1.82) is 0 Å². The van der Waals surface area contributed by atoms with Gasteiger partial charge in [-0.25, -0.2) is 9.67 Å². The molecule has 0 aliphatic rings. The van der Waals surface area contributed by atoms with Gasteiger partial charge in [0.05, 0.1) is 11.4 Å². The maximum Gasteiger partial charge on any atom is 0.268 e. The molecule has 7 heteroatoms. The van der Waals surface area contributed by atoms with Crippen LogP contribution in [0.5, 0.6) is 5.75 Å². The first-order valence-electron chi connectivity index (χ1n) is 10.4. The largest absolute Gasteiger partial charge is 0.488 e. The van der Waals surface area contributed by atoms with Crippen molar-refractivity contribution in [3.63, 3.8) is 0 Å². The monoisotopic (exact) mass is 446 g/mol. The average molecular weight is 447 g/mol. The lowest BCUT2D eigenvalue weighted by Gasteiger charge is -2.12. The smallest absolute Gasteiger partial charge is 0.268 e. The van der Waals surface area contributed by atoms with Crippen LogP contribution in [0.3, 0.4) is 0 Å². The number of amides is 1. The number of ether oxygens (including phenoxy) is 1. The van der Waals surface area contributed by atoms with Gasteiger partial charge in [0.25, 0.3) is 5.91 Å². The second-order valence-electron chi connectivity index (χ2n) is 8.04. The molecular formula is C25H26N4O2S. The number of aryl methyl sites for hydroxylation is 4. The molecule has 0 unspecified atom stereocenters. The van der Waals surface area contributed by atoms with Crippen molar-refractivity contribution in [1.82, 2.24) is 14.8 Å². The Morgan fingerprint density at radius 1 is 1.00 bits per heavy atom. The van der Waals surface area contributed by atoms with Gasteiger partial charge in [0.1, 0.15) is 18.7 Å². The Hall–Kier alpha value is -3.45. The molecular weight excluding hydrogens is 420 g/mol. The lowest BCUT2D eigenvalue weighted by Crippen LogP contribution is -2.12. The van der Waals surface area contributed by atoms with Crippen molar-refractivity contribution < 1.29 is 9.53 Å². The Morgan fingerprint density at radius 2 is 1.72 bits per heavy atom. The number of nitrogens with zero attached hydrogens (tertiary/aromatic N) is 3. The number of hydrogen-bond acceptors (Lipinski definition) is 5. The molecule has 0 fully saturated rings. The summed E-state index contributed by atoms with van der Waals surface area (Å²) in [6.45, 7) is 9.24. The molecule has 164 valence electrons. The van der Waals surface area contributed by atoms with Gasteiger partial charge in [0.2, 0.25) is 5.95 Å². The van der Waals surface area contributed by atoms with E-state index < -0.39 is 0 Å². The first-order chi connectivity index (χ1) is 15.4. The van der Waals surface area contributed by atoms with Crippen LogP contribution in [0.2, 0.25) is 0 Å². The highest BCUT2D eigenvalue weighted by Gasteiger charge is 2.13. The van der Waals surface area contributed by atoms with E-state index in [4.69, 9.17) is 4.74 Å². The summed E-state index contributed by atoms with van der Waals surface area (Å²) in [5, 5.41) is 9.07. The van der Waals surface area contributed by atoms with Crippen LogP contribution in [0.15, 0.2) is 54.2 Å². The van der Waals surface area contributed by atoms with Crippen LogP contribution in [0.25, 0.3) is 0 Å². The van der Waals surface area contributed by atoms with Crippen LogP contribution >= 0.6 is 11.3 Å². The van der Waals surface area contributed by atoms with Gasteiger partial charge in [-0.15, -0.1) is 16.4 Å². The number of carbonyl (C=O) groups excluding carboxylic acids is 1. The fourth-order valence-electron chi connectivity index (χ4n) is 3.59. The summed E-state index contributed by atoms with van der Waals surface area (Å²) >= 11 is 1.38. The van der Waals surface area contributed by atoms with E-state index in [1.165, 1.54) is 22.5 Å². The van der Waals surface area contributed by atoms with Crippen LogP contribution < -0.4 is 10.1 Å². The maximum absolute atomic E-state index is 12.6. The molecule has 0 aliphatic carbocycles. The van der Waals surface area contributed by atoms with Crippen LogP contribution in [0, 0.1) is 27.7 Å². The summed E-state index contributed by atoms with van der Waals surface area (Å²) in [4.78, 5) is 17.4. The zero-order valence-electron chi connectivity index (χ0n) is 18.7. The number of carbonyl (C=O) groups is 1. The molecule has 1 amide bonds. The van der Waals surface area contributed by atoms with E-state index in [0.29, 0.717) is 24.0 Å². The predicted octanol–water partition coefficient (Wildman–Crippen LogP) is 5.45. The van der Waals surface area contributed by atoms with Crippen molar-refractivity contribution >= 4 is 23.2 Å². The molecule has 0 saturated carbocycles. The Bertz CT molecular complexity index is 1220. The minimum Gasteiger partial charge on any atom is -0.488 e. The van der Waals surface area contributed by atoms with Gasteiger partial charge in [0.15, 0.2) is 0 Å². The van der Waals surface area contributed by atoms with Crippen LogP contribution in [-0.2, 0) is 13.2 Å². The van der Waals surface area contributed by atoms with Crippen LogP contribution in [-0.4, -0.2) is 20.7 Å². The van der Waals surface area contributed by atoms with Gasteiger partial charge in [0, 0.05) is 5.56 Å². The number of benzene rings is 2. The lowest BCUT2D eigenvalue weighted by atomic mass is 10.1. The average Bonchev–Trinajstić information content (AvgIpc) is 3.38. The van der Waals surface area contributed by atoms with Gasteiger partial charge in [-0.2, -0.15) is 0 Å². The molecule has 1 N–H and O–H groups in total. The summed E-state index contributed by atoms with van der Waals surface area (Å²) in [7, 11) is 0. The molecule has 2 aromatic heterocycles. The number of hydrogen-bond donors (Lipinski definition) is 1. The quantitative estimate of drug-likeness (QED) is 0.410. The summed E-state index contributed by atoms with van der Waals surface area (Å²) in [6.07, 6.45) is 1.62. The van der Waals surface area contributed by atoms with Crippen molar-refractivity contribution in [2.24, 2.45) is 0 Å². The topological polar surface area (TPSA) is 69.0 Å². The molecule has 0 saturated heterocycles. The fraction of sp³-hybridized carbons (Fsp3) is 0.240. The van der Waals surface area contributed by atoms with E-state index in [1.54, 1.807) is 11.0 Å². The van der Waals surface area contributed by atoms with E-state index in [-0.39, 0.29) is 5.91 Å². The fourth-order valence-corrected chi connectivity index (χ4v) is 4.38. The third kappa shape index (κ3) is 5.23. The van der Waals surface area contributed by atoms with Crippen molar-refractivity contribution in [3.05, 3.63) is 92.4 Å². The summed E-state index contributed by atoms with van der Waals surface area (Å²) in [6, 6.07) is 14.3. The normalized spacial score (nSPS) is 10.9. The lowest BCUT2D eigenvalue weighted by molar-refractivity contribution is 0.102. The predicted molar refractivity (Wildman–Crippen MR) is 128 cm³/mol. The third-order valence-corrected chi connectivity index (χ3v) is 6.07. The van der Waals surface area contributed by atoms with Gasteiger partial charge >= 0.3 is 0 Å². The van der Waals surface area contributed by atoms with E-state index in [0.717, 1.165) is 28.0 Å². The minimum atomic E-state index is -0.225. The number of thiophene rings is 1. The van der Waals surface area contributed by atoms with Gasteiger partial charge in [-0.05, 0) is 55.8 Å². The van der Waals surface area contributed by atoms with Gasteiger partial charge in [-0.1, -0.05) is 47.5 Å². The molecule has 0 bridgehead atoms. The second kappa shape index (κ2) is 9.36. The molecule has 2 aromatic carbocycles. The molecule has 4 aromatic rings. The number of aromatic nitrogens is 3. The highest BCUT2D eigenvalue weighted by atomic mass is 32.1. The third-order valence-electron chi connectivity index (χ3n) is 5.09. The summed E-state index contributed by atoms with van der Waals surface area (Å²) in [5.41, 5.74) is 6.74. The van der Waals surface area contributed by atoms with Crippen LogP contribution in [0.4, 0.5) is 5.95 Å². The Kier molecular flexibility index (Phi) is 6.37. The molecule has 32 heavy (non-hydrogen) atoms. The molecule has 0 spiro atoms. The number of nitrogens with one attached hydrogen (secondary N) is 1. The molecule has 4 rings (SSSR count). The highest BCUT2D eigenvalue weighted by molar-refractivity contribution is 7.12. The van der Waals surface area contributed by atoms with Gasteiger partial charge < -0.3 is 4.74 Å². The molecule has 0 atom stereocenters. The van der Waals surface area contributed by atoms with E-state index >= 15 is 0 Å². The van der Waals surface area contributed by atoms with Crippen molar-refractivity contribution in [3.8, 4) is 5.75 Å². The molecule has 0 aliphatic heterocycles. The van der Waals surface area contributed by atoms with E-state index in [1.807, 2.05) is 25.3 Å². The summed E-state index contributed by atoms with van der Waals surface area (Å²) in [5.74, 6) is 0.965. The maximum atomic E-state index is 12.6. The van der Waals surface area contributed by atoms with Crippen molar-refractivity contribution in [2.75, 3.05) is 5.32 Å². The number of anilines is 1. The molecule has 2 heterocycles. The minimum absolute atomic E-state index is 0.225. The Morgan fingerprint density at radius 3 is 2.44 bits per heavy atom.